The molecule has 2 aromatic carbocycles. The first-order valence-electron chi connectivity index (χ1n) is 10.9. The van der Waals surface area contributed by atoms with E-state index in [0.29, 0.717) is 25.3 Å². The summed E-state index contributed by atoms with van der Waals surface area (Å²) in [4.78, 5) is 41.0. The first-order chi connectivity index (χ1) is 15.8. The smallest absolute Gasteiger partial charge is 0.328 e. The van der Waals surface area contributed by atoms with Crippen LogP contribution in [0.15, 0.2) is 47.3 Å². The van der Waals surface area contributed by atoms with E-state index in [4.69, 9.17) is 4.74 Å². The Morgan fingerprint density at radius 1 is 1.03 bits per heavy atom. The number of imidazole rings is 1. The minimum absolute atomic E-state index is 0.0155. The standard InChI is InChI=1S/C24H29N5O4/c1-16(30)29-12-11-28(14-22(29)17-5-8-19(33-4)9-6-17)15-23(31)25-18-7-10-20-21(13-18)27(3)24(32)26(20)2/h5-10,13,22H,11-12,14-15H2,1-4H3,(H,25,31)/t22-/m1/s1. The van der Waals surface area contributed by atoms with Crippen LogP contribution in [0.1, 0.15) is 18.5 Å². The first-order valence-corrected chi connectivity index (χ1v) is 10.9. The molecular weight excluding hydrogens is 422 g/mol. The van der Waals surface area contributed by atoms with Crippen LogP contribution in [-0.2, 0) is 23.7 Å². The number of fused-ring (bicyclic) bond motifs is 1. The second kappa shape index (κ2) is 9.11. The third kappa shape index (κ3) is 4.49. The van der Waals surface area contributed by atoms with Crippen LogP contribution in [0.4, 0.5) is 5.69 Å². The van der Waals surface area contributed by atoms with Gasteiger partial charge in [-0.2, -0.15) is 0 Å². The Morgan fingerprint density at radius 3 is 2.39 bits per heavy atom. The van der Waals surface area contributed by atoms with Crippen LogP contribution in [0.3, 0.4) is 0 Å². The molecule has 0 unspecified atom stereocenters. The van der Waals surface area contributed by atoms with E-state index in [-0.39, 0.29) is 30.1 Å². The lowest BCUT2D eigenvalue weighted by Crippen LogP contribution is -2.51. The summed E-state index contributed by atoms with van der Waals surface area (Å²) in [5.74, 6) is 0.634. The Morgan fingerprint density at radius 2 is 1.73 bits per heavy atom. The average Bonchev–Trinajstić information content (AvgIpc) is 3.02. The number of carbonyl (C=O) groups excluding carboxylic acids is 2. The van der Waals surface area contributed by atoms with Gasteiger partial charge < -0.3 is 15.0 Å². The molecule has 3 aromatic rings. The highest BCUT2D eigenvalue weighted by Gasteiger charge is 2.30. The van der Waals surface area contributed by atoms with Crippen molar-refractivity contribution in [1.29, 1.82) is 0 Å². The van der Waals surface area contributed by atoms with E-state index in [1.165, 1.54) is 0 Å². The zero-order valence-corrected chi connectivity index (χ0v) is 19.4. The van der Waals surface area contributed by atoms with Gasteiger partial charge in [-0.05, 0) is 35.9 Å². The monoisotopic (exact) mass is 451 g/mol. The summed E-state index contributed by atoms with van der Waals surface area (Å²) in [7, 11) is 5.06. The maximum atomic E-state index is 12.8. The fourth-order valence-corrected chi connectivity index (χ4v) is 4.46. The number of benzene rings is 2. The second-order valence-corrected chi connectivity index (χ2v) is 8.39. The molecule has 1 atom stereocenters. The number of aromatic nitrogens is 2. The molecule has 2 amide bonds. The summed E-state index contributed by atoms with van der Waals surface area (Å²) < 4.78 is 8.38. The molecule has 1 saturated heterocycles. The van der Waals surface area contributed by atoms with Crippen LogP contribution in [0.25, 0.3) is 11.0 Å². The van der Waals surface area contributed by atoms with Crippen LogP contribution < -0.4 is 15.7 Å². The van der Waals surface area contributed by atoms with Crippen LogP contribution >= 0.6 is 0 Å². The molecule has 2 heterocycles. The molecule has 9 nitrogen and oxygen atoms in total. The highest BCUT2D eigenvalue weighted by Crippen LogP contribution is 2.27. The van der Waals surface area contributed by atoms with Crippen LogP contribution in [0.5, 0.6) is 5.75 Å². The van der Waals surface area contributed by atoms with Crippen molar-refractivity contribution in [1.82, 2.24) is 18.9 Å². The Hall–Kier alpha value is -3.59. The van der Waals surface area contributed by atoms with Gasteiger partial charge in [0.1, 0.15) is 5.75 Å². The fourth-order valence-electron chi connectivity index (χ4n) is 4.46. The summed E-state index contributed by atoms with van der Waals surface area (Å²) in [6.45, 7) is 3.52. The molecule has 9 heteroatoms. The number of amides is 2. The summed E-state index contributed by atoms with van der Waals surface area (Å²) in [5, 5.41) is 2.94. The van der Waals surface area contributed by atoms with E-state index in [1.807, 2.05) is 41.3 Å². The zero-order valence-electron chi connectivity index (χ0n) is 19.4. The molecule has 0 spiro atoms. The predicted octanol–water partition coefficient (Wildman–Crippen LogP) is 1.73. The van der Waals surface area contributed by atoms with Gasteiger partial charge in [0.25, 0.3) is 0 Å². The zero-order chi connectivity index (χ0) is 23.7. The number of rotatable bonds is 5. The molecule has 0 saturated carbocycles. The number of methoxy groups -OCH3 is 1. The number of anilines is 1. The molecule has 33 heavy (non-hydrogen) atoms. The SMILES string of the molecule is COc1ccc([C@H]2CN(CC(=O)Nc3ccc4c(c3)n(C)c(=O)n4C)CCN2C(C)=O)cc1. The largest absolute Gasteiger partial charge is 0.497 e. The lowest BCUT2D eigenvalue weighted by Gasteiger charge is -2.41. The lowest BCUT2D eigenvalue weighted by atomic mass is 10.0. The summed E-state index contributed by atoms with van der Waals surface area (Å²) in [6, 6.07) is 13.0. The van der Waals surface area contributed by atoms with E-state index in [0.717, 1.165) is 22.3 Å². The van der Waals surface area contributed by atoms with Crippen molar-refractivity contribution in [3.8, 4) is 5.75 Å². The van der Waals surface area contributed by atoms with E-state index < -0.39 is 0 Å². The third-order valence-electron chi connectivity index (χ3n) is 6.29. The van der Waals surface area contributed by atoms with Gasteiger partial charge in [0.05, 0.1) is 30.7 Å². The Bertz CT molecular complexity index is 1240. The number of hydrogen-bond donors (Lipinski definition) is 1. The normalized spacial score (nSPS) is 16.7. The summed E-state index contributed by atoms with van der Waals surface area (Å²) in [5.41, 5.74) is 3.11. The Labute approximate surface area is 192 Å². The maximum absolute atomic E-state index is 12.8. The molecule has 1 fully saturated rings. The number of ether oxygens (including phenoxy) is 1. The number of hydrogen-bond acceptors (Lipinski definition) is 5. The summed E-state index contributed by atoms with van der Waals surface area (Å²) in [6.07, 6.45) is 0. The Balaban J connectivity index is 1.46. The van der Waals surface area contributed by atoms with Gasteiger partial charge in [-0.1, -0.05) is 12.1 Å². The second-order valence-electron chi connectivity index (χ2n) is 8.39. The molecule has 0 radical (unpaired) electrons. The van der Waals surface area contributed by atoms with Crippen molar-refractivity contribution in [3.05, 3.63) is 58.5 Å². The lowest BCUT2D eigenvalue weighted by molar-refractivity contribution is -0.134. The van der Waals surface area contributed by atoms with Crippen LogP contribution in [-0.4, -0.2) is 64.0 Å². The molecular formula is C24H29N5O4. The molecule has 174 valence electrons. The van der Waals surface area contributed by atoms with E-state index in [2.05, 4.69) is 10.2 Å². The maximum Gasteiger partial charge on any atom is 0.328 e. The van der Waals surface area contributed by atoms with Gasteiger partial charge in [0.15, 0.2) is 0 Å². The molecule has 1 N–H and O–H groups in total. The predicted molar refractivity (Wildman–Crippen MR) is 126 cm³/mol. The van der Waals surface area contributed by atoms with Crippen molar-refractivity contribution < 1.29 is 14.3 Å². The van der Waals surface area contributed by atoms with E-state index >= 15 is 0 Å². The number of carbonyl (C=O) groups is 2. The Kier molecular flexibility index (Phi) is 6.24. The van der Waals surface area contributed by atoms with Crippen LogP contribution in [0.2, 0.25) is 0 Å². The van der Waals surface area contributed by atoms with Crippen molar-refractivity contribution in [3.63, 3.8) is 0 Å². The quantitative estimate of drug-likeness (QED) is 0.638. The van der Waals surface area contributed by atoms with Crippen molar-refractivity contribution >= 4 is 28.5 Å². The van der Waals surface area contributed by atoms with Crippen molar-refractivity contribution in [2.75, 3.05) is 38.6 Å². The molecule has 0 aliphatic carbocycles. The van der Waals surface area contributed by atoms with Gasteiger partial charge in [0.2, 0.25) is 11.8 Å². The first kappa shape index (κ1) is 22.6. The molecule has 1 aliphatic rings. The molecule has 1 aromatic heterocycles. The van der Waals surface area contributed by atoms with Crippen molar-refractivity contribution in [2.24, 2.45) is 14.1 Å². The van der Waals surface area contributed by atoms with Crippen LogP contribution in [0, 0.1) is 0 Å². The van der Waals surface area contributed by atoms with Gasteiger partial charge in [-0.3, -0.25) is 23.6 Å². The number of nitrogens with one attached hydrogen (secondary N) is 1. The third-order valence-corrected chi connectivity index (χ3v) is 6.29. The minimum Gasteiger partial charge on any atom is -0.497 e. The van der Waals surface area contributed by atoms with Gasteiger partial charge in [-0.25, -0.2) is 4.79 Å². The van der Waals surface area contributed by atoms with E-state index in [1.54, 1.807) is 43.3 Å². The highest BCUT2D eigenvalue weighted by atomic mass is 16.5. The van der Waals surface area contributed by atoms with Gasteiger partial charge in [-0.15, -0.1) is 0 Å². The molecule has 1 aliphatic heterocycles. The average molecular weight is 452 g/mol. The number of nitrogens with zero attached hydrogens (tertiary/aromatic N) is 4. The molecule has 0 bridgehead atoms. The molecule has 4 rings (SSSR count). The highest BCUT2D eigenvalue weighted by molar-refractivity contribution is 5.94. The summed E-state index contributed by atoms with van der Waals surface area (Å²) >= 11 is 0. The van der Waals surface area contributed by atoms with E-state index in [9.17, 15) is 14.4 Å². The van der Waals surface area contributed by atoms with Crippen molar-refractivity contribution in [2.45, 2.75) is 13.0 Å². The fraction of sp³-hybridized carbons (Fsp3) is 0.375. The number of aryl methyl sites for hydroxylation is 2. The van der Waals surface area contributed by atoms with Gasteiger partial charge >= 0.3 is 5.69 Å². The minimum atomic E-state index is -0.139. The number of piperazine rings is 1. The van der Waals surface area contributed by atoms with Gasteiger partial charge in [0, 0.05) is 46.3 Å². The topological polar surface area (TPSA) is 88.8 Å².